The van der Waals surface area contributed by atoms with Crippen LogP contribution in [-0.4, -0.2) is 23.2 Å². The zero-order chi connectivity index (χ0) is 15.2. The highest BCUT2D eigenvalue weighted by Crippen LogP contribution is 2.31. The van der Waals surface area contributed by atoms with Crippen LogP contribution in [0.5, 0.6) is 11.5 Å². The third kappa shape index (κ3) is 3.70. The zero-order valence-electron chi connectivity index (χ0n) is 12.7. The van der Waals surface area contributed by atoms with Gasteiger partial charge in [-0.15, -0.1) is 0 Å². The molecule has 0 fully saturated rings. The van der Waals surface area contributed by atoms with Crippen molar-refractivity contribution in [3.05, 3.63) is 47.5 Å². The van der Waals surface area contributed by atoms with Crippen LogP contribution in [0.3, 0.4) is 0 Å². The van der Waals surface area contributed by atoms with Gasteiger partial charge in [0.1, 0.15) is 0 Å². The monoisotopic (exact) mass is 287 g/mol. The van der Waals surface area contributed by atoms with Crippen molar-refractivity contribution in [3.8, 4) is 11.5 Å². The van der Waals surface area contributed by atoms with Gasteiger partial charge in [-0.3, -0.25) is 9.97 Å². The minimum absolute atomic E-state index is 0.340. The summed E-state index contributed by atoms with van der Waals surface area (Å²) in [5, 5.41) is 0. The topological polar surface area (TPSA) is 70.3 Å². The molecule has 2 N–H and O–H groups in total. The van der Waals surface area contributed by atoms with Crippen molar-refractivity contribution in [2.45, 2.75) is 26.8 Å². The highest BCUT2D eigenvalue weighted by molar-refractivity contribution is 5.45. The molecule has 2 rings (SSSR count). The molecule has 112 valence electrons. The fourth-order valence-corrected chi connectivity index (χ4v) is 2.00. The normalized spacial score (nSPS) is 12.0. The Morgan fingerprint density at radius 3 is 2.38 bits per heavy atom. The lowest BCUT2D eigenvalue weighted by atomic mass is 10.0. The Morgan fingerprint density at radius 1 is 1.05 bits per heavy atom. The van der Waals surface area contributed by atoms with Crippen LogP contribution in [0.4, 0.5) is 0 Å². The van der Waals surface area contributed by atoms with Crippen molar-refractivity contribution >= 4 is 0 Å². The van der Waals surface area contributed by atoms with Crippen LogP contribution in [0.2, 0.25) is 0 Å². The third-order valence-corrected chi connectivity index (χ3v) is 3.05. The summed E-state index contributed by atoms with van der Waals surface area (Å²) in [6.45, 7) is 6.94. The summed E-state index contributed by atoms with van der Waals surface area (Å²) in [5.74, 6) is 1.43. The van der Waals surface area contributed by atoms with Crippen molar-refractivity contribution in [2.24, 2.45) is 5.73 Å². The maximum atomic E-state index is 6.26. The molecule has 5 nitrogen and oxygen atoms in total. The molecule has 1 aromatic carbocycles. The second-order valence-electron chi connectivity index (χ2n) is 4.63. The van der Waals surface area contributed by atoms with E-state index in [4.69, 9.17) is 15.2 Å². The average molecular weight is 287 g/mol. The van der Waals surface area contributed by atoms with Gasteiger partial charge in [0.15, 0.2) is 11.5 Å². The fraction of sp³-hybridized carbons (Fsp3) is 0.375. The van der Waals surface area contributed by atoms with Gasteiger partial charge in [-0.1, -0.05) is 6.07 Å². The Labute approximate surface area is 125 Å². The van der Waals surface area contributed by atoms with Crippen LogP contribution in [0.15, 0.2) is 30.6 Å². The summed E-state index contributed by atoms with van der Waals surface area (Å²) in [5.41, 5.74) is 8.77. The predicted octanol–water partition coefficient (Wildman–Crippen LogP) is 2.63. The minimum atomic E-state index is -0.340. The van der Waals surface area contributed by atoms with E-state index < -0.39 is 0 Å². The number of aryl methyl sites for hydroxylation is 1. The van der Waals surface area contributed by atoms with Gasteiger partial charge in [-0.25, -0.2) is 0 Å². The fourth-order valence-electron chi connectivity index (χ4n) is 2.00. The first-order valence-electron chi connectivity index (χ1n) is 7.09. The predicted molar refractivity (Wildman–Crippen MR) is 81.6 cm³/mol. The quantitative estimate of drug-likeness (QED) is 0.884. The molecule has 1 unspecified atom stereocenters. The van der Waals surface area contributed by atoms with E-state index in [-0.39, 0.29) is 6.04 Å². The van der Waals surface area contributed by atoms with Gasteiger partial charge in [0.2, 0.25) is 0 Å². The molecular weight excluding hydrogens is 266 g/mol. The van der Waals surface area contributed by atoms with E-state index >= 15 is 0 Å². The Hall–Kier alpha value is -2.14. The second-order valence-corrected chi connectivity index (χ2v) is 4.63. The Morgan fingerprint density at radius 2 is 1.76 bits per heavy atom. The van der Waals surface area contributed by atoms with E-state index in [1.54, 1.807) is 12.4 Å². The molecule has 0 aliphatic carbocycles. The maximum absolute atomic E-state index is 6.26. The van der Waals surface area contributed by atoms with Gasteiger partial charge >= 0.3 is 0 Å². The van der Waals surface area contributed by atoms with Crippen LogP contribution >= 0.6 is 0 Å². The largest absolute Gasteiger partial charge is 0.490 e. The number of nitrogens with zero attached hydrogens (tertiary/aromatic N) is 2. The number of aromatic nitrogens is 2. The maximum Gasteiger partial charge on any atom is 0.161 e. The molecule has 0 spiro atoms. The van der Waals surface area contributed by atoms with E-state index in [2.05, 4.69) is 9.97 Å². The number of hydrogen-bond donors (Lipinski definition) is 1. The molecule has 0 saturated carbocycles. The van der Waals surface area contributed by atoms with E-state index in [9.17, 15) is 0 Å². The Bertz CT molecular complexity index is 585. The van der Waals surface area contributed by atoms with Crippen LogP contribution in [0.25, 0.3) is 0 Å². The van der Waals surface area contributed by atoms with Gasteiger partial charge in [0, 0.05) is 6.20 Å². The Balaban J connectivity index is 2.30. The van der Waals surface area contributed by atoms with Gasteiger partial charge in [0.25, 0.3) is 0 Å². The van der Waals surface area contributed by atoms with Crippen molar-refractivity contribution < 1.29 is 9.47 Å². The first-order valence-corrected chi connectivity index (χ1v) is 7.09. The van der Waals surface area contributed by atoms with Crippen LogP contribution < -0.4 is 15.2 Å². The molecule has 1 atom stereocenters. The van der Waals surface area contributed by atoms with Gasteiger partial charge in [-0.05, 0) is 38.5 Å². The van der Waals surface area contributed by atoms with E-state index in [1.165, 1.54) is 0 Å². The molecule has 0 aliphatic rings. The van der Waals surface area contributed by atoms with Crippen LogP contribution in [-0.2, 0) is 0 Å². The molecule has 0 radical (unpaired) electrons. The van der Waals surface area contributed by atoms with Gasteiger partial charge in [0.05, 0.1) is 36.8 Å². The SMILES string of the molecule is CCOc1ccc(C(N)c2cnc(C)cn2)cc1OCC. The molecule has 0 bridgehead atoms. The lowest BCUT2D eigenvalue weighted by Crippen LogP contribution is -2.14. The number of nitrogens with two attached hydrogens (primary N) is 1. The summed E-state index contributed by atoms with van der Waals surface area (Å²) < 4.78 is 11.2. The van der Waals surface area contributed by atoms with E-state index in [0.717, 1.165) is 22.7 Å². The van der Waals surface area contributed by atoms with E-state index in [0.29, 0.717) is 19.0 Å². The summed E-state index contributed by atoms with van der Waals surface area (Å²) >= 11 is 0. The molecular formula is C16H21N3O2. The molecule has 0 saturated heterocycles. The van der Waals surface area contributed by atoms with E-state index in [1.807, 2.05) is 39.0 Å². The molecule has 0 aliphatic heterocycles. The van der Waals surface area contributed by atoms with Crippen molar-refractivity contribution in [1.82, 2.24) is 9.97 Å². The number of ether oxygens (including phenoxy) is 2. The minimum Gasteiger partial charge on any atom is -0.490 e. The highest BCUT2D eigenvalue weighted by atomic mass is 16.5. The molecule has 1 heterocycles. The van der Waals surface area contributed by atoms with Gasteiger partial charge in [-0.2, -0.15) is 0 Å². The number of rotatable bonds is 6. The van der Waals surface area contributed by atoms with Crippen molar-refractivity contribution in [2.75, 3.05) is 13.2 Å². The molecule has 1 aromatic heterocycles. The lowest BCUT2D eigenvalue weighted by molar-refractivity contribution is 0.287. The van der Waals surface area contributed by atoms with Crippen LogP contribution in [0.1, 0.15) is 36.8 Å². The summed E-state index contributed by atoms with van der Waals surface area (Å²) in [7, 11) is 0. The van der Waals surface area contributed by atoms with Gasteiger partial charge < -0.3 is 15.2 Å². The van der Waals surface area contributed by atoms with Crippen molar-refractivity contribution in [3.63, 3.8) is 0 Å². The molecule has 2 aromatic rings. The standard InChI is InChI=1S/C16H21N3O2/c1-4-20-14-7-6-12(8-15(14)21-5-2)16(17)13-10-18-11(3)9-19-13/h6-10,16H,4-5,17H2,1-3H3. The Kier molecular flexibility index (Phi) is 5.11. The average Bonchev–Trinajstić information content (AvgIpc) is 2.49. The van der Waals surface area contributed by atoms with Crippen molar-refractivity contribution in [1.29, 1.82) is 0 Å². The molecule has 5 heteroatoms. The zero-order valence-corrected chi connectivity index (χ0v) is 12.7. The van der Waals surface area contributed by atoms with Crippen LogP contribution in [0, 0.1) is 6.92 Å². The summed E-state index contributed by atoms with van der Waals surface area (Å²) in [4.78, 5) is 8.56. The first-order chi connectivity index (χ1) is 10.2. The molecule has 21 heavy (non-hydrogen) atoms. The first kappa shape index (κ1) is 15.3. The highest BCUT2D eigenvalue weighted by Gasteiger charge is 2.14. The summed E-state index contributed by atoms with van der Waals surface area (Å²) in [6.07, 6.45) is 3.42. The molecule has 0 amide bonds. The smallest absolute Gasteiger partial charge is 0.161 e. The summed E-state index contributed by atoms with van der Waals surface area (Å²) in [6, 6.07) is 5.37. The number of benzene rings is 1. The number of hydrogen-bond acceptors (Lipinski definition) is 5. The second kappa shape index (κ2) is 7.04. The lowest BCUT2D eigenvalue weighted by Gasteiger charge is -2.16. The third-order valence-electron chi connectivity index (χ3n) is 3.05.